The molecule has 0 aliphatic rings. The third-order valence-electron chi connectivity index (χ3n) is 1.89. The Morgan fingerprint density at radius 3 is 2.80 bits per heavy atom. The van der Waals surface area contributed by atoms with Crippen molar-refractivity contribution < 1.29 is 0 Å². The fourth-order valence-corrected chi connectivity index (χ4v) is 1.20. The van der Waals surface area contributed by atoms with Gasteiger partial charge in [-0.1, -0.05) is 11.6 Å². The topological polar surface area (TPSA) is 63.7 Å². The summed E-state index contributed by atoms with van der Waals surface area (Å²) in [6.45, 7) is 0.579. The first kappa shape index (κ1) is 11.3. The summed E-state index contributed by atoms with van der Waals surface area (Å²) in [5, 5.41) is 17.5. The van der Waals surface area contributed by atoms with Crippen LogP contribution in [0.4, 0.5) is 5.82 Å². The molecule has 0 aliphatic heterocycles. The highest BCUT2D eigenvalue weighted by Gasteiger charge is 2.06. The van der Waals surface area contributed by atoms with Crippen LogP contribution in [0.5, 0.6) is 0 Å². The van der Waals surface area contributed by atoms with Gasteiger partial charge in [-0.05, 0) is 12.1 Å². The standard InChI is InChI=1S/C10H9ClN4/c1-15(6-2-5-12)10-4-3-8(11)9(7-13)14-10/h3-4H,2,6H2,1H3. The number of anilines is 1. The zero-order chi connectivity index (χ0) is 11.3. The summed E-state index contributed by atoms with van der Waals surface area (Å²) in [6.07, 6.45) is 0.419. The number of hydrogen-bond donors (Lipinski definition) is 0. The first-order valence-electron chi connectivity index (χ1n) is 4.33. The number of pyridine rings is 1. The van der Waals surface area contributed by atoms with Gasteiger partial charge in [-0.2, -0.15) is 10.5 Å². The van der Waals surface area contributed by atoms with E-state index in [0.29, 0.717) is 23.8 Å². The molecule has 0 fully saturated rings. The Bertz CT molecular complexity index is 430. The summed E-state index contributed by atoms with van der Waals surface area (Å²) in [7, 11) is 1.81. The van der Waals surface area contributed by atoms with Gasteiger partial charge in [-0.25, -0.2) is 4.98 Å². The van der Waals surface area contributed by atoms with Crippen LogP contribution in [0.15, 0.2) is 12.1 Å². The van der Waals surface area contributed by atoms with Gasteiger partial charge in [0.25, 0.3) is 0 Å². The lowest BCUT2D eigenvalue weighted by Crippen LogP contribution is -2.19. The summed E-state index contributed by atoms with van der Waals surface area (Å²) >= 11 is 5.75. The van der Waals surface area contributed by atoms with E-state index in [2.05, 4.69) is 4.98 Å². The van der Waals surface area contributed by atoms with Gasteiger partial charge in [-0.3, -0.25) is 0 Å². The van der Waals surface area contributed by atoms with E-state index in [0.717, 1.165) is 0 Å². The summed E-state index contributed by atoms with van der Waals surface area (Å²) in [5.41, 5.74) is 0.206. The van der Waals surface area contributed by atoms with Crippen LogP contribution in [0.1, 0.15) is 12.1 Å². The van der Waals surface area contributed by atoms with E-state index in [9.17, 15) is 0 Å². The number of rotatable bonds is 3. The maximum Gasteiger partial charge on any atom is 0.161 e. The monoisotopic (exact) mass is 220 g/mol. The van der Waals surface area contributed by atoms with Crippen molar-refractivity contribution in [2.45, 2.75) is 6.42 Å². The third kappa shape index (κ3) is 2.83. The average molecular weight is 221 g/mol. The molecule has 76 valence electrons. The molecule has 0 atom stereocenters. The van der Waals surface area contributed by atoms with Crippen molar-refractivity contribution in [1.82, 2.24) is 4.98 Å². The second-order valence-corrected chi connectivity index (χ2v) is 3.35. The van der Waals surface area contributed by atoms with Crippen molar-refractivity contribution in [2.24, 2.45) is 0 Å². The largest absolute Gasteiger partial charge is 0.359 e. The molecule has 0 aromatic carbocycles. The van der Waals surface area contributed by atoms with Crippen molar-refractivity contribution in [3.8, 4) is 12.1 Å². The molecule has 0 aliphatic carbocycles. The van der Waals surface area contributed by atoms with Crippen molar-refractivity contribution in [2.75, 3.05) is 18.5 Å². The molecule has 1 aromatic heterocycles. The van der Waals surface area contributed by atoms with E-state index in [4.69, 9.17) is 22.1 Å². The lowest BCUT2D eigenvalue weighted by Gasteiger charge is -2.16. The minimum absolute atomic E-state index is 0.206. The van der Waals surface area contributed by atoms with Crippen LogP contribution in [0.2, 0.25) is 5.02 Å². The molecular formula is C10H9ClN4. The van der Waals surface area contributed by atoms with Gasteiger partial charge in [0.05, 0.1) is 17.5 Å². The number of nitrogens with zero attached hydrogens (tertiary/aromatic N) is 4. The summed E-state index contributed by atoms with van der Waals surface area (Å²) in [6, 6.07) is 7.31. The summed E-state index contributed by atoms with van der Waals surface area (Å²) in [5.74, 6) is 0.645. The molecule has 0 saturated carbocycles. The van der Waals surface area contributed by atoms with E-state index in [1.54, 1.807) is 17.0 Å². The SMILES string of the molecule is CN(CCC#N)c1ccc(Cl)c(C#N)n1. The van der Waals surface area contributed by atoms with Crippen LogP contribution in [0, 0.1) is 22.7 Å². The maximum atomic E-state index is 8.73. The van der Waals surface area contributed by atoms with Gasteiger partial charge in [0.2, 0.25) is 0 Å². The Kier molecular flexibility index (Phi) is 3.91. The minimum Gasteiger partial charge on any atom is -0.359 e. The Hall–Kier alpha value is -1.78. The van der Waals surface area contributed by atoms with E-state index < -0.39 is 0 Å². The number of hydrogen-bond acceptors (Lipinski definition) is 4. The average Bonchev–Trinajstić information content (AvgIpc) is 2.26. The fraction of sp³-hybridized carbons (Fsp3) is 0.300. The van der Waals surface area contributed by atoms with Crippen LogP contribution >= 0.6 is 11.6 Å². The predicted molar refractivity (Wildman–Crippen MR) is 57.5 cm³/mol. The molecule has 0 bridgehead atoms. The number of nitriles is 2. The van der Waals surface area contributed by atoms with Crippen LogP contribution < -0.4 is 4.90 Å². The molecule has 4 nitrogen and oxygen atoms in total. The van der Waals surface area contributed by atoms with Crippen LogP contribution in [-0.4, -0.2) is 18.6 Å². The van der Waals surface area contributed by atoms with Crippen LogP contribution in [0.3, 0.4) is 0 Å². The number of aromatic nitrogens is 1. The quantitative estimate of drug-likeness (QED) is 0.781. The molecule has 0 radical (unpaired) electrons. The highest BCUT2D eigenvalue weighted by molar-refractivity contribution is 6.31. The molecular weight excluding hydrogens is 212 g/mol. The van der Waals surface area contributed by atoms with Crippen molar-refractivity contribution in [3.63, 3.8) is 0 Å². The third-order valence-corrected chi connectivity index (χ3v) is 2.19. The lowest BCUT2D eigenvalue weighted by atomic mass is 10.3. The molecule has 15 heavy (non-hydrogen) atoms. The van der Waals surface area contributed by atoms with Crippen molar-refractivity contribution >= 4 is 17.4 Å². The Morgan fingerprint density at radius 2 is 2.20 bits per heavy atom. The van der Waals surface area contributed by atoms with E-state index in [1.165, 1.54) is 0 Å². The second-order valence-electron chi connectivity index (χ2n) is 2.94. The first-order valence-corrected chi connectivity index (χ1v) is 4.71. The molecule has 0 spiro atoms. The molecule has 0 unspecified atom stereocenters. The van der Waals surface area contributed by atoms with Gasteiger partial charge in [0, 0.05) is 13.6 Å². The Morgan fingerprint density at radius 1 is 1.47 bits per heavy atom. The predicted octanol–water partition coefficient (Wildman–Crippen LogP) is 1.96. The first-order chi connectivity index (χ1) is 7.19. The van der Waals surface area contributed by atoms with Crippen LogP contribution in [-0.2, 0) is 0 Å². The van der Waals surface area contributed by atoms with Gasteiger partial charge in [-0.15, -0.1) is 0 Å². The Balaban J connectivity index is 2.88. The zero-order valence-electron chi connectivity index (χ0n) is 8.24. The highest BCUT2D eigenvalue weighted by atomic mass is 35.5. The summed E-state index contributed by atoms with van der Waals surface area (Å²) < 4.78 is 0. The van der Waals surface area contributed by atoms with Gasteiger partial charge in [0.15, 0.2) is 5.69 Å². The van der Waals surface area contributed by atoms with E-state index in [1.807, 2.05) is 19.2 Å². The molecule has 1 heterocycles. The fourth-order valence-electron chi connectivity index (χ4n) is 1.06. The van der Waals surface area contributed by atoms with E-state index >= 15 is 0 Å². The zero-order valence-corrected chi connectivity index (χ0v) is 8.99. The van der Waals surface area contributed by atoms with Crippen molar-refractivity contribution in [3.05, 3.63) is 22.8 Å². The number of halogens is 1. The highest BCUT2D eigenvalue weighted by Crippen LogP contribution is 2.17. The van der Waals surface area contributed by atoms with Crippen molar-refractivity contribution in [1.29, 1.82) is 10.5 Å². The second kappa shape index (κ2) is 5.19. The molecule has 5 heteroatoms. The van der Waals surface area contributed by atoms with Crippen LogP contribution in [0.25, 0.3) is 0 Å². The maximum absolute atomic E-state index is 8.73. The smallest absolute Gasteiger partial charge is 0.161 e. The normalized spacial score (nSPS) is 9.07. The molecule has 1 rings (SSSR count). The lowest BCUT2D eigenvalue weighted by molar-refractivity contribution is 0.883. The molecule has 0 N–H and O–H groups in total. The minimum atomic E-state index is 0.206. The molecule has 0 saturated heterocycles. The summed E-state index contributed by atoms with van der Waals surface area (Å²) in [4.78, 5) is 5.87. The molecule has 1 aromatic rings. The van der Waals surface area contributed by atoms with Gasteiger partial charge >= 0.3 is 0 Å². The van der Waals surface area contributed by atoms with E-state index in [-0.39, 0.29) is 5.69 Å². The Labute approximate surface area is 93.3 Å². The molecule has 0 amide bonds. The van der Waals surface area contributed by atoms with Gasteiger partial charge in [0.1, 0.15) is 11.9 Å². The van der Waals surface area contributed by atoms with Gasteiger partial charge < -0.3 is 4.90 Å².